The number of primary amides is 1. The molecule has 86 valence electrons. The average Bonchev–Trinajstić information content (AvgIpc) is 2.68. The minimum absolute atomic E-state index is 0.123. The van der Waals surface area contributed by atoms with Crippen LogP contribution >= 0.6 is 0 Å². The molecular formula is C9H18N4O2. The van der Waals surface area contributed by atoms with Crippen LogP contribution in [0.25, 0.3) is 0 Å². The highest BCUT2D eigenvalue weighted by Gasteiger charge is 2.25. The Balaban J connectivity index is 2.51. The highest BCUT2D eigenvalue weighted by molar-refractivity contribution is 5.79. The van der Waals surface area contributed by atoms with Gasteiger partial charge in [-0.2, -0.15) is 0 Å². The van der Waals surface area contributed by atoms with Crippen molar-refractivity contribution in [3.05, 3.63) is 0 Å². The Hall–Kier alpha value is -1.14. The first kappa shape index (κ1) is 11.9. The van der Waals surface area contributed by atoms with Crippen LogP contribution < -0.4 is 17.0 Å². The Morgan fingerprint density at radius 2 is 1.87 bits per heavy atom. The van der Waals surface area contributed by atoms with E-state index in [0.29, 0.717) is 0 Å². The monoisotopic (exact) mass is 214 g/mol. The van der Waals surface area contributed by atoms with E-state index in [0.717, 1.165) is 25.7 Å². The number of hydrogen-bond donors (Lipinski definition) is 3. The molecule has 5 N–H and O–H groups in total. The van der Waals surface area contributed by atoms with Crippen molar-refractivity contribution in [3.63, 3.8) is 0 Å². The molecule has 0 aromatic carbocycles. The fourth-order valence-electron chi connectivity index (χ4n) is 2.01. The van der Waals surface area contributed by atoms with Crippen molar-refractivity contribution in [2.45, 2.75) is 31.7 Å². The molecule has 0 radical (unpaired) electrons. The van der Waals surface area contributed by atoms with Crippen molar-refractivity contribution < 1.29 is 9.59 Å². The number of hydrogen-bond acceptors (Lipinski definition) is 4. The van der Waals surface area contributed by atoms with Crippen molar-refractivity contribution in [3.8, 4) is 0 Å². The second-order valence-corrected chi connectivity index (χ2v) is 3.88. The van der Waals surface area contributed by atoms with Crippen molar-refractivity contribution in [1.29, 1.82) is 0 Å². The van der Waals surface area contributed by atoms with E-state index in [4.69, 9.17) is 11.6 Å². The largest absolute Gasteiger partial charge is 0.369 e. The third-order valence-electron chi connectivity index (χ3n) is 2.71. The molecule has 0 spiro atoms. The Labute approximate surface area is 88.9 Å². The molecule has 1 fully saturated rings. The van der Waals surface area contributed by atoms with E-state index in [-0.39, 0.29) is 25.0 Å². The fourth-order valence-corrected chi connectivity index (χ4v) is 2.01. The molecule has 6 nitrogen and oxygen atoms in total. The van der Waals surface area contributed by atoms with Gasteiger partial charge in [0, 0.05) is 6.04 Å². The van der Waals surface area contributed by atoms with Gasteiger partial charge in [-0.3, -0.25) is 19.9 Å². The first-order valence-electron chi connectivity index (χ1n) is 5.15. The van der Waals surface area contributed by atoms with E-state index in [1.54, 1.807) is 4.90 Å². The lowest BCUT2D eigenvalue weighted by Crippen LogP contribution is -2.47. The first-order valence-corrected chi connectivity index (χ1v) is 5.15. The molecule has 0 aromatic rings. The normalized spacial score (nSPS) is 16.9. The van der Waals surface area contributed by atoms with Gasteiger partial charge in [-0.1, -0.05) is 12.8 Å². The molecule has 1 aliphatic rings. The van der Waals surface area contributed by atoms with Crippen LogP contribution in [0.1, 0.15) is 25.7 Å². The van der Waals surface area contributed by atoms with Gasteiger partial charge in [0.05, 0.1) is 13.1 Å². The van der Waals surface area contributed by atoms with E-state index >= 15 is 0 Å². The lowest BCUT2D eigenvalue weighted by atomic mass is 10.2. The van der Waals surface area contributed by atoms with E-state index < -0.39 is 5.91 Å². The number of nitrogens with two attached hydrogens (primary N) is 2. The Kier molecular flexibility index (Phi) is 4.51. The highest BCUT2D eigenvalue weighted by Crippen LogP contribution is 2.22. The smallest absolute Gasteiger partial charge is 0.248 e. The van der Waals surface area contributed by atoms with Gasteiger partial charge in [0.2, 0.25) is 11.8 Å². The molecule has 2 amide bonds. The summed E-state index contributed by atoms with van der Waals surface area (Å²) in [5, 5.41) is 0. The molecule has 0 unspecified atom stereocenters. The van der Waals surface area contributed by atoms with Crippen molar-refractivity contribution in [2.24, 2.45) is 11.6 Å². The molecule has 0 aliphatic heterocycles. The second kappa shape index (κ2) is 5.67. The van der Waals surface area contributed by atoms with Crippen molar-refractivity contribution >= 4 is 11.8 Å². The summed E-state index contributed by atoms with van der Waals surface area (Å²) in [6, 6.07) is 0.287. The van der Waals surface area contributed by atoms with E-state index in [1.807, 2.05) is 0 Å². The zero-order chi connectivity index (χ0) is 11.3. The number of hydrazine groups is 1. The average molecular weight is 214 g/mol. The van der Waals surface area contributed by atoms with Gasteiger partial charge < -0.3 is 5.73 Å². The third kappa shape index (κ3) is 3.85. The molecule has 0 bridgehead atoms. The van der Waals surface area contributed by atoms with Crippen LogP contribution in [0.2, 0.25) is 0 Å². The van der Waals surface area contributed by atoms with Gasteiger partial charge in [-0.05, 0) is 12.8 Å². The number of carbonyl (C=O) groups is 2. The molecule has 0 saturated heterocycles. The predicted molar refractivity (Wildman–Crippen MR) is 55.4 cm³/mol. The minimum atomic E-state index is -0.410. The second-order valence-electron chi connectivity index (χ2n) is 3.88. The van der Waals surface area contributed by atoms with Gasteiger partial charge in [0.25, 0.3) is 0 Å². The predicted octanol–water partition coefficient (Wildman–Crippen LogP) is -1.29. The van der Waals surface area contributed by atoms with E-state index in [2.05, 4.69) is 5.43 Å². The lowest BCUT2D eigenvalue weighted by Gasteiger charge is -2.26. The molecule has 6 heteroatoms. The zero-order valence-corrected chi connectivity index (χ0v) is 8.74. The molecule has 1 aliphatic carbocycles. The SMILES string of the molecule is NNC(=O)CN(CC(N)=O)C1CCCC1. The summed E-state index contributed by atoms with van der Waals surface area (Å²) in [7, 11) is 0. The van der Waals surface area contributed by atoms with Gasteiger partial charge in [0.15, 0.2) is 0 Å². The Bertz CT molecular complexity index is 238. The van der Waals surface area contributed by atoms with Crippen LogP contribution in [0.15, 0.2) is 0 Å². The first-order chi connectivity index (χ1) is 7.13. The van der Waals surface area contributed by atoms with Crippen LogP contribution in [0.5, 0.6) is 0 Å². The number of rotatable bonds is 5. The van der Waals surface area contributed by atoms with Crippen molar-refractivity contribution in [1.82, 2.24) is 10.3 Å². The summed E-state index contributed by atoms with van der Waals surface area (Å²) >= 11 is 0. The van der Waals surface area contributed by atoms with E-state index in [9.17, 15) is 9.59 Å². The molecular weight excluding hydrogens is 196 g/mol. The quantitative estimate of drug-likeness (QED) is 0.301. The number of nitrogens with one attached hydrogen (secondary N) is 1. The molecule has 1 saturated carbocycles. The van der Waals surface area contributed by atoms with Crippen LogP contribution in [-0.2, 0) is 9.59 Å². The Morgan fingerprint density at radius 1 is 1.27 bits per heavy atom. The summed E-state index contributed by atoms with van der Waals surface area (Å²) in [5.74, 6) is 4.31. The summed E-state index contributed by atoms with van der Waals surface area (Å²) in [4.78, 5) is 23.8. The maximum Gasteiger partial charge on any atom is 0.248 e. The summed E-state index contributed by atoms with van der Waals surface area (Å²) < 4.78 is 0. The molecule has 0 atom stereocenters. The maximum atomic E-state index is 11.1. The number of nitrogens with zero attached hydrogens (tertiary/aromatic N) is 1. The zero-order valence-electron chi connectivity index (χ0n) is 8.74. The highest BCUT2D eigenvalue weighted by atomic mass is 16.2. The third-order valence-corrected chi connectivity index (χ3v) is 2.71. The molecule has 0 aromatic heterocycles. The summed E-state index contributed by atoms with van der Waals surface area (Å²) in [5.41, 5.74) is 7.19. The Morgan fingerprint density at radius 3 is 2.33 bits per heavy atom. The number of carbonyl (C=O) groups excluding carboxylic acids is 2. The van der Waals surface area contributed by atoms with Crippen molar-refractivity contribution in [2.75, 3.05) is 13.1 Å². The topological polar surface area (TPSA) is 101 Å². The van der Waals surface area contributed by atoms with Gasteiger partial charge in [-0.15, -0.1) is 0 Å². The minimum Gasteiger partial charge on any atom is -0.369 e. The van der Waals surface area contributed by atoms with Gasteiger partial charge >= 0.3 is 0 Å². The molecule has 0 heterocycles. The van der Waals surface area contributed by atoms with Crippen LogP contribution in [-0.4, -0.2) is 35.8 Å². The summed E-state index contributed by atoms with van der Waals surface area (Å²) in [6.45, 7) is 0.266. The standard InChI is InChI=1S/C9H18N4O2/c10-8(14)5-13(6-9(15)12-11)7-3-1-2-4-7/h7H,1-6,11H2,(H2,10,14)(H,12,15). The van der Waals surface area contributed by atoms with E-state index in [1.165, 1.54) is 0 Å². The molecule has 15 heavy (non-hydrogen) atoms. The van der Waals surface area contributed by atoms with Gasteiger partial charge in [-0.25, -0.2) is 5.84 Å². The molecule has 1 rings (SSSR count). The lowest BCUT2D eigenvalue weighted by molar-refractivity contribution is -0.124. The van der Waals surface area contributed by atoms with Gasteiger partial charge in [0.1, 0.15) is 0 Å². The number of amides is 2. The van der Waals surface area contributed by atoms with Crippen LogP contribution in [0.4, 0.5) is 0 Å². The summed E-state index contributed by atoms with van der Waals surface area (Å²) in [6.07, 6.45) is 4.32. The van der Waals surface area contributed by atoms with Crippen LogP contribution in [0, 0.1) is 0 Å². The van der Waals surface area contributed by atoms with Crippen LogP contribution in [0.3, 0.4) is 0 Å². The maximum absolute atomic E-state index is 11.1. The fraction of sp³-hybridized carbons (Fsp3) is 0.778.